The molecule has 8 heteroatoms. The number of amides is 2. The van der Waals surface area contributed by atoms with Crippen molar-refractivity contribution in [2.45, 2.75) is 51.9 Å². The van der Waals surface area contributed by atoms with E-state index in [-0.39, 0.29) is 19.6 Å². The molecule has 1 atom stereocenters. The lowest BCUT2D eigenvalue weighted by Crippen LogP contribution is -2.59. The highest BCUT2D eigenvalue weighted by Gasteiger charge is 2.46. The molecule has 0 aromatic carbocycles. The second-order valence-electron chi connectivity index (χ2n) is 5.98. The third kappa shape index (κ3) is 4.78. The van der Waals surface area contributed by atoms with E-state index in [2.05, 4.69) is 0 Å². The smallest absolute Gasteiger partial charge is 0.444 e. The molecule has 1 aliphatic heterocycles. The zero-order valence-electron chi connectivity index (χ0n) is 12.7. The Labute approximate surface area is 122 Å². The fourth-order valence-corrected chi connectivity index (χ4v) is 2.13. The molecule has 0 N–H and O–H groups in total. The molecule has 0 aromatic heterocycles. The zero-order valence-corrected chi connectivity index (χ0v) is 12.7. The zero-order chi connectivity index (χ0) is 16.4. The Bertz CT molecular complexity index is 404. The van der Waals surface area contributed by atoms with Crippen LogP contribution in [0, 0.1) is 0 Å². The van der Waals surface area contributed by atoms with Gasteiger partial charge in [0.2, 0.25) is 0 Å². The minimum atomic E-state index is -4.89. The molecule has 1 heterocycles. The number of rotatable bonds is 1. The first kappa shape index (κ1) is 17.6. The van der Waals surface area contributed by atoms with Gasteiger partial charge in [0.15, 0.2) is 0 Å². The van der Waals surface area contributed by atoms with Crippen LogP contribution in [0.4, 0.5) is 18.0 Å². The van der Waals surface area contributed by atoms with Gasteiger partial charge in [0, 0.05) is 25.7 Å². The minimum absolute atomic E-state index is 0.0350. The Morgan fingerprint density at radius 1 is 1.19 bits per heavy atom. The molecule has 1 fully saturated rings. The number of ether oxygens (including phenoxy) is 1. The Balaban J connectivity index is 2.74. The first-order valence-electron chi connectivity index (χ1n) is 6.81. The van der Waals surface area contributed by atoms with Gasteiger partial charge in [-0.05, 0) is 27.2 Å². The molecule has 1 rings (SSSR count). The number of nitrogens with zero attached hydrogens (tertiary/aromatic N) is 2. The molecule has 0 bridgehead atoms. The third-order valence-electron chi connectivity index (χ3n) is 3.11. The van der Waals surface area contributed by atoms with Gasteiger partial charge in [0.25, 0.3) is 0 Å². The van der Waals surface area contributed by atoms with Crippen molar-refractivity contribution in [2.24, 2.45) is 0 Å². The van der Waals surface area contributed by atoms with Gasteiger partial charge in [-0.25, -0.2) is 4.79 Å². The van der Waals surface area contributed by atoms with Gasteiger partial charge in [0.05, 0.1) is 0 Å². The molecule has 0 radical (unpaired) electrons. The number of carbonyl (C=O) groups is 2. The molecule has 2 amide bonds. The quantitative estimate of drug-likeness (QED) is 0.747. The first-order valence-corrected chi connectivity index (χ1v) is 6.81. The van der Waals surface area contributed by atoms with Crippen LogP contribution in [0.1, 0.15) is 34.1 Å². The van der Waals surface area contributed by atoms with Crippen molar-refractivity contribution < 1.29 is 27.5 Å². The molecule has 21 heavy (non-hydrogen) atoms. The average Bonchev–Trinajstić information content (AvgIpc) is 2.33. The summed E-state index contributed by atoms with van der Waals surface area (Å²) in [7, 11) is 0. The van der Waals surface area contributed by atoms with Crippen LogP contribution in [0.15, 0.2) is 0 Å². The predicted molar refractivity (Wildman–Crippen MR) is 69.7 cm³/mol. The molecule has 0 aromatic rings. The van der Waals surface area contributed by atoms with Crippen molar-refractivity contribution in [2.75, 3.05) is 19.6 Å². The first-order chi connectivity index (χ1) is 9.45. The van der Waals surface area contributed by atoms with Crippen LogP contribution in [0.3, 0.4) is 0 Å². The van der Waals surface area contributed by atoms with E-state index in [4.69, 9.17) is 4.74 Å². The monoisotopic (exact) mass is 310 g/mol. The Morgan fingerprint density at radius 2 is 1.76 bits per heavy atom. The third-order valence-corrected chi connectivity index (χ3v) is 3.11. The summed E-state index contributed by atoms with van der Waals surface area (Å²) in [6.45, 7) is 6.76. The molecule has 0 saturated carbocycles. The Morgan fingerprint density at radius 3 is 2.19 bits per heavy atom. The van der Waals surface area contributed by atoms with Crippen molar-refractivity contribution in [3.8, 4) is 0 Å². The van der Waals surface area contributed by atoms with E-state index < -0.39 is 29.8 Å². The van der Waals surface area contributed by atoms with Crippen molar-refractivity contribution in [3.05, 3.63) is 0 Å². The molecular formula is C13H21F3N2O3. The summed E-state index contributed by atoms with van der Waals surface area (Å²) in [5.41, 5.74) is -0.669. The van der Waals surface area contributed by atoms with E-state index in [1.54, 1.807) is 27.7 Å². The Kier molecular flexibility index (Phi) is 5.11. The lowest BCUT2D eigenvalue weighted by atomic mass is 10.1. The fraction of sp³-hybridized carbons (Fsp3) is 0.846. The fourth-order valence-electron chi connectivity index (χ4n) is 2.13. The lowest BCUT2D eigenvalue weighted by Gasteiger charge is -2.41. The van der Waals surface area contributed by atoms with E-state index in [1.165, 1.54) is 4.90 Å². The Hall–Kier alpha value is -1.47. The van der Waals surface area contributed by atoms with Crippen molar-refractivity contribution in [1.82, 2.24) is 9.80 Å². The summed E-state index contributed by atoms with van der Waals surface area (Å²) in [6, 6.07) is -0.652. The standard InChI is InChI=1S/C13H21F3N2O3/c1-5-9-8-17(11(20)21-12(2,3)4)6-7-18(9)10(19)13(14,15)16/h9H,5-8H2,1-4H3. The summed E-state index contributed by atoms with van der Waals surface area (Å²) in [6.07, 6.45) is -5.12. The van der Waals surface area contributed by atoms with Crippen LogP contribution in [0.5, 0.6) is 0 Å². The number of hydrogen-bond donors (Lipinski definition) is 0. The van der Waals surface area contributed by atoms with Crippen molar-refractivity contribution in [1.29, 1.82) is 0 Å². The van der Waals surface area contributed by atoms with E-state index in [0.717, 1.165) is 4.90 Å². The van der Waals surface area contributed by atoms with Gasteiger partial charge >= 0.3 is 18.2 Å². The number of hydrogen-bond acceptors (Lipinski definition) is 3. The highest BCUT2D eigenvalue weighted by Crippen LogP contribution is 2.24. The number of halogens is 3. The van der Waals surface area contributed by atoms with Crippen LogP contribution in [-0.4, -0.2) is 59.3 Å². The second-order valence-corrected chi connectivity index (χ2v) is 5.98. The summed E-state index contributed by atoms with van der Waals surface area (Å²) >= 11 is 0. The number of alkyl halides is 3. The van der Waals surface area contributed by atoms with E-state index in [9.17, 15) is 22.8 Å². The van der Waals surface area contributed by atoms with Crippen molar-refractivity contribution >= 4 is 12.0 Å². The molecular weight excluding hydrogens is 289 g/mol. The van der Waals surface area contributed by atoms with E-state index >= 15 is 0 Å². The van der Waals surface area contributed by atoms with Crippen LogP contribution >= 0.6 is 0 Å². The minimum Gasteiger partial charge on any atom is -0.444 e. The lowest BCUT2D eigenvalue weighted by molar-refractivity contribution is -0.190. The summed E-state index contributed by atoms with van der Waals surface area (Å²) < 4.78 is 42.8. The normalized spacial score (nSPS) is 20.4. The van der Waals surface area contributed by atoms with Crippen LogP contribution < -0.4 is 0 Å². The molecule has 1 aliphatic rings. The molecule has 0 aliphatic carbocycles. The number of carbonyl (C=O) groups excluding carboxylic acids is 2. The summed E-state index contributed by atoms with van der Waals surface area (Å²) in [5.74, 6) is -1.85. The second kappa shape index (κ2) is 6.11. The highest BCUT2D eigenvalue weighted by atomic mass is 19.4. The maximum Gasteiger partial charge on any atom is 0.471 e. The largest absolute Gasteiger partial charge is 0.471 e. The van der Waals surface area contributed by atoms with E-state index in [0.29, 0.717) is 6.42 Å². The molecule has 122 valence electrons. The van der Waals surface area contributed by atoms with Crippen molar-refractivity contribution in [3.63, 3.8) is 0 Å². The summed E-state index contributed by atoms with van der Waals surface area (Å²) in [4.78, 5) is 25.4. The van der Waals surface area contributed by atoms with Gasteiger partial charge in [-0.3, -0.25) is 4.79 Å². The molecule has 5 nitrogen and oxygen atoms in total. The van der Waals surface area contributed by atoms with Gasteiger partial charge in [-0.15, -0.1) is 0 Å². The predicted octanol–water partition coefficient (Wildman–Crippen LogP) is 2.41. The molecule has 0 spiro atoms. The topological polar surface area (TPSA) is 49.9 Å². The molecule has 1 unspecified atom stereocenters. The van der Waals surface area contributed by atoms with Crippen LogP contribution in [0.2, 0.25) is 0 Å². The van der Waals surface area contributed by atoms with Gasteiger partial charge < -0.3 is 14.5 Å². The van der Waals surface area contributed by atoms with Crippen LogP contribution in [-0.2, 0) is 9.53 Å². The summed E-state index contributed by atoms with van der Waals surface area (Å²) in [5, 5.41) is 0. The SMILES string of the molecule is CCC1CN(C(=O)OC(C)(C)C)CCN1C(=O)C(F)(F)F. The van der Waals surface area contributed by atoms with Gasteiger partial charge in [0.1, 0.15) is 5.60 Å². The van der Waals surface area contributed by atoms with E-state index in [1.807, 2.05) is 0 Å². The van der Waals surface area contributed by atoms with Crippen LogP contribution in [0.25, 0.3) is 0 Å². The number of piperazine rings is 1. The van der Waals surface area contributed by atoms with Gasteiger partial charge in [-0.2, -0.15) is 13.2 Å². The maximum absolute atomic E-state index is 12.5. The molecule has 1 saturated heterocycles. The maximum atomic E-state index is 12.5. The highest BCUT2D eigenvalue weighted by molar-refractivity contribution is 5.82. The van der Waals surface area contributed by atoms with Gasteiger partial charge in [-0.1, -0.05) is 6.92 Å². The average molecular weight is 310 g/mol.